The summed E-state index contributed by atoms with van der Waals surface area (Å²) in [5.74, 6) is 2.09. The van der Waals surface area contributed by atoms with E-state index >= 15 is 0 Å². The van der Waals surface area contributed by atoms with Gasteiger partial charge in [-0.15, -0.1) is 0 Å². The number of ether oxygens (including phenoxy) is 1. The van der Waals surface area contributed by atoms with Gasteiger partial charge in [-0.25, -0.2) is 0 Å². The van der Waals surface area contributed by atoms with Crippen LogP contribution in [0.3, 0.4) is 0 Å². The molecule has 1 fully saturated rings. The number of hydrogen-bond acceptors (Lipinski definition) is 2. The third-order valence-corrected chi connectivity index (χ3v) is 5.14. The zero-order chi connectivity index (χ0) is 15.1. The molecule has 0 aromatic carbocycles. The van der Waals surface area contributed by atoms with Gasteiger partial charge in [-0.1, -0.05) is 66.7 Å². The molecule has 1 rings (SSSR count). The molecule has 0 saturated carbocycles. The van der Waals surface area contributed by atoms with Gasteiger partial charge in [0.1, 0.15) is 6.10 Å². The summed E-state index contributed by atoms with van der Waals surface area (Å²) in [5.41, 5.74) is 0. The van der Waals surface area contributed by atoms with Crippen molar-refractivity contribution in [1.82, 2.24) is 0 Å². The van der Waals surface area contributed by atoms with Crippen LogP contribution in [0.1, 0.15) is 79.6 Å². The molecule has 2 heteroatoms. The molecule has 0 aliphatic carbocycles. The lowest BCUT2D eigenvalue weighted by atomic mass is 9.76. The van der Waals surface area contributed by atoms with Crippen LogP contribution < -0.4 is 0 Å². The maximum absolute atomic E-state index is 11.8. The van der Waals surface area contributed by atoms with E-state index in [9.17, 15) is 4.79 Å². The lowest BCUT2D eigenvalue weighted by Gasteiger charge is -2.41. The van der Waals surface area contributed by atoms with Gasteiger partial charge in [-0.05, 0) is 30.6 Å². The second kappa shape index (κ2) is 8.69. The van der Waals surface area contributed by atoms with Crippen LogP contribution in [0.25, 0.3) is 0 Å². The highest BCUT2D eigenvalue weighted by Gasteiger charge is 2.45. The summed E-state index contributed by atoms with van der Waals surface area (Å²) in [7, 11) is 0. The molecule has 5 atom stereocenters. The maximum Gasteiger partial charge on any atom is 0.313 e. The van der Waals surface area contributed by atoms with Gasteiger partial charge >= 0.3 is 5.97 Å². The molecule has 1 aliphatic rings. The average Bonchev–Trinajstić information content (AvgIpc) is 2.38. The third-order valence-electron chi connectivity index (χ3n) is 5.14. The first-order valence-corrected chi connectivity index (χ1v) is 8.71. The predicted octanol–water partition coefficient (Wildman–Crippen LogP) is 5.21. The van der Waals surface area contributed by atoms with E-state index in [1.807, 2.05) is 0 Å². The Kier molecular flexibility index (Phi) is 7.61. The van der Waals surface area contributed by atoms with Crippen molar-refractivity contribution < 1.29 is 9.53 Å². The quantitative estimate of drug-likeness (QED) is 0.406. The average molecular weight is 282 g/mol. The van der Waals surface area contributed by atoms with Crippen molar-refractivity contribution in [2.45, 2.75) is 85.7 Å². The fourth-order valence-corrected chi connectivity index (χ4v) is 3.41. The Morgan fingerprint density at radius 2 is 1.70 bits per heavy atom. The molecule has 5 unspecified atom stereocenters. The van der Waals surface area contributed by atoms with Crippen LogP contribution >= 0.6 is 0 Å². The van der Waals surface area contributed by atoms with Gasteiger partial charge < -0.3 is 4.74 Å². The molecule has 0 radical (unpaired) electrons. The highest BCUT2D eigenvalue weighted by Crippen LogP contribution is 2.37. The summed E-state index contributed by atoms with van der Waals surface area (Å²) in [6.45, 7) is 11.3. The predicted molar refractivity (Wildman–Crippen MR) is 84.5 cm³/mol. The molecule has 0 bridgehead atoms. The lowest BCUT2D eigenvalue weighted by Crippen LogP contribution is -2.49. The third kappa shape index (κ3) is 4.79. The van der Waals surface area contributed by atoms with E-state index < -0.39 is 0 Å². The number of carbonyl (C=O) groups is 1. The number of carbonyl (C=O) groups excluding carboxylic acids is 1. The highest BCUT2D eigenvalue weighted by molar-refractivity contribution is 5.78. The van der Waals surface area contributed by atoms with Crippen molar-refractivity contribution >= 4 is 5.97 Å². The van der Waals surface area contributed by atoms with Crippen molar-refractivity contribution in [2.75, 3.05) is 0 Å². The fraction of sp³-hybridized carbons (Fsp3) is 0.944. The first-order valence-electron chi connectivity index (χ1n) is 8.71. The van der Waals surface area contributed by atoms with Gasteiger partial charge in [0.2, 0.25) is 0 Å². The number of cyclic esters (lactones) is 1. The van der Waals surface area contributed by atoms with Crippen molar-refractivity contribution in [3.8, 4) is 0 Å². The number of rotatable bonds is 10. The summed E-state index contributed by atoms with van der Waals surface area (Å²) in [6.07, 6.45) is 8.70. The Balaban J connectivity index is 2.40. The Hall–Kier alpha value is -0.530. The standard InChI is InChI=1S/C18H34O2/c1-6-8-9-11-14(4)17-16(20-18(17)19)12-15(5)13(3)10-7-2/h13-17H,6-12H2,1-5H3. The molecule has 0 aromatic rings. The molecule has 1 aliphatic heterocycles. The zero-order valence-electron chi connectivity index (χ0n) is 14.2. The van der Waals surface area contributed by atoms with Gasteiger partial charge in [0.25, 0.3) is 0 Å². The Labute approximate surface area is 125 Å². The van der Waals surface area contributed by atoms with E-state index in [0.717, 1.165) is 12.3 Å². The van der Waals surface area contributed by atoms with Gasteiger partial charge in [0.15, 0.2) is 0 Å². The zero-order valence-corrected chi connectivity index (χ0v) is 14.2. The summed E-state index contributed by atoms with van der Waals surface area (Å²) >= 11 is 0. The molecule has 2 nitrogen and oxygen atoms in total. The second-order valence-corrected chi connectivity index (χ2v) is 6.95. The SMILES string of the molecule is CCCCCC(C)C1C(=O)OC1CC(C)C(C)CCC. The molecular weight excluding hydrogens is 248 g/mol. The minimum Gasteiger partial charge on any atom is -0.461 e. The highest BCUT2D eigenvalue weighted by atomic mass is 16.6. The Bertz CT molecular complexity index is 287. The van der Waals surface area contributed by atoms with E-state index in [2.05, 4.69) is 34.6 Å². The summed E-state index contributed by atoms with van der Waals surface area (Å²) in [5, 5.41) is 0. The van der Waals surface area contributed by atoms with E-state index in [-0.39, 0.29) is 18.0 Å². The second-order valence-electron chi connectivity index (χ2n) is 6.95. The van der Waals surface area contributed by atoms with Crippen molar-refractivity contribution in [2.24, 2.45) is 23.7 Å². The van der Waals surface area contributed by atoms with Crippen molar-refractivity contribution in [3.63, 3.8) is 0 Å². The van der Waals surface area contributed by atoms with E-state index in [1.54, 1.807) is 0 Å². The smallest absolute Gasteiger partial charge is 0.313 e. The normalized spacial score (nSPS) is 26.6. The van der Waals surface area contributed by atoms with Gasteiger partial charge in [0, 0.05) is 0 Å². The van der Waals surface area contributed by atoms with Crippen LogP contribution in [0.2, 0.25) is 0 Å². The van der Waals surface area contributed by atoms with Crippen LogP contribution in [0.15, 0.2) is 0 Å². The number of hydrogen-bond donors (Lipinski definition) is 0. The largest absolute Gasteiger partial charge is 0.461 e. The van der Waals surface area contributed by atoms with Gasteiger partial charge in [-0.2, -0.15) is 0 Å². The fourth-order valence-electron chi connectivity index (χ4n) is 3.41. The molecule has 0 spiro atoms. The van der Waals surface area contributed by atoms with Crippen LogP contribution in [0, 0.1) is 23.7 Å². The molecule has 118 valence electrons. The minimum absolute atomic E-state index is 0.0503. The monoisotopic (exact) mass is 282 g/mol. The molecule has 0 aromatic heterocycles. The van der Waals surface area contributed by atoms with Crippen LogP contribution in [-0.2, 0) is 9.53 Å². The molecule has 1 saturated heterocycles. The molecule has 1 heterocycles. The van der Waals surface area contributed by atoms with Crippen molar-refractivity contribution in [1.29, 1.82) is 0 Å². The van der Waals surface area contributed by atoms with Gasteiger partial charge in [0.05, 0.1) is 5.92 Å². The van der Waals surface area contributed by atoms with Crippen molar-refractivity contribution in [3.05, 3.63) is 0 Å². The first kappa shape index (κ1) is 17.5. The first-order chi connectivity index (χ1) is 9.51. The lowest BCUT2D eigenvalue weighted by molar-refractivity contribution is -0.192. The van der Waals surface area contributed by atoms with E-state index in [0.29, 0.717) is 11.8 Å². The van der Waals surface area contributed by atoms with E-state index in [4.69, 9.17) is 4.74 Å². The molecule has 20 heavy (non-hydrogen) atoms. The Morgan fingerprint density at radius 3 is 2.25 bits per heavy atom. The van der Waals surface area contributed by atoms with Crippen LogP contribution in [0.5, 0.6) is 0 Å². The number of unbranched alkanes of at least 4 members (excludes halogenated alkanes) is 2. The minimum atomic E-state index is 0.0503. The Morgan fingerprint density at radius 1 is 1.00 bits per heavy atom. The molecular formula is C18H34O2. The van der Waals surface area contributed by atoms with Crippen LogP contribution in [-0.4, -0.2) is 12.1 Å². The van der Waals surface area contributed by atoms with Gasteiger partial charge in [-0.3, -0.25) is 4.79 Å². The summed E-state index contributed by atoms with van der Waals surface area (Å²) in [6, 6.07) is 0. The topological polar surface area (TPSA) is 26.3 Å². The molecule has 0 amide bonds. The maximum atomic E-state index is 11.8. The summed E-state index contributed by atoms with van der Waals surface area (Å²) in [4.78, 5) is 11.8. The number of esters is 1. The summed E-state index contributed by atoms with van der Waals surface area (Å²) < 4.78 is 5.44. The molecule has 0 N–H and O–H groups in total. The van der Waals surface area contributed by atoms with Crippen LogP contribution in [0.4, 0.5) is 0 Å². The van der Waals surface area contributed by atoms with E-state index in [1.165, 1.54) is 38.5 Å².